The normalized spacial score (nSPS) is 32.4. The molecule has 212 valence electrons. The van der Waals surface area contributed by atoms with Crippen LogP contribution in [0.5, 0.6) is 11.5 Å². The number of carbonyl (C=O) groups is 4. The Kier molecular flexibility index (Phi) is 6.63. The minimum atomic E-state index is -2.01. The Bertz CT molecular complexity index is 1560. The first-order valence-corrected chi connectivity index (χ1v) is 14.9. The Morgan fingerprint density at radius 1 is 1.07 bits per heavy atom. The molecule has 6 atom stereocenters. The quantitative estimate of drug-likeness (QED) is 0.211. The fraction of sp³-hybridized carbons (Fsp3) is 0.333. The Morgan fingerprint density at radius 2 is 1.78 bits per heavy atom. The number of hydrogen-bond acceptors (Lipinski definition) is 6. The average molecular weight is 660 g/mol. The third kappa shape index (κ3) is 3.64. The molecule has 6 unspecified atom stereocenters. The van der Waals surface area contributed by atoms with Crippen molar-refractivity contribution >= 4 is 74.5 Å². The summed E-state index contributed by atoms with van der Waals surface area (Å²) in [5, 5.41) is 11.0. The number of nitrogens with zero attached hydrogens (tertiary/aromatic N) is 2. The van der Waals surface area contributed by atoms with Gasteiger partial charge in [0.05, 0.1) is 30.1 Å². The monoisotopic (exact) mass is 658 g/mol. The maximum Gasteiger partial charge on any atom is 0.254 e. The van der Waals surface area contributed by atoms with Crippen LogP contribution in [0.1, 0.15) is 29.9 Å². The Morgan fingerprint density at radius 3 is 2.41 bits per heavy atom. The molecule has 4 amide bonds. The number of rotatable bonds is 5. The van der Waals surface area contributed by atoms with E-state index in [2.05, 4.69) is 22.5 Å². The molecular formula is C30H25BrCl2N2O6. The molecule has 6 rings (SSSR count). The van der Waals surface area contributed by atoms with Gasteiger partial charge in [-0.2, -0.15) is 0 Å². The minimum Gasteiger partial charge on any atom is -0.508 e. The summed E-state index contributed by atoms with van der Waals surface area (Å²) in [6, 6.07) is 11.4. The molecule has 0 aromatic heterocycles. The van der Waals surface area contributed by atoms with Crippen molar-refractivity contribution in [2.75, 3.05) is 17.5 Å². The van der Waals surface area contributed by atoms with E-state index in [-0.39, 0.29) is 35.5 Å². The molecule has 0 spiro atoms. The number of ether oxygens (including phenoxy) is 1. The summed E-state index contributed by atoms with van der Waals surface area (Å²) in [6.45, 7) is 3.74. The van der Waals surface area contributed by atoms with Gasteiger partial charge < -0.3 is 9.84 Å². The van der Waals surface area contributed by atoms with Crippen molar-refractivity contribution in [3.8, 4) is 11.5 Å². The first kappa shape index (κ1) is 28.0. The molecule has 0 bridgehead atoms. The Balaban J connectivity index is 1.52. The van der Waals surface area contributed by atoms with Crippen molar-refractivity contribution in [2.24, 2.45) is 17.8 Å². The molecule has 11 heteroatoms. The van der Waals surface area contributed by atoms with Crippen LogP contribution >= 0.6 is 39.1 Å². The van der Waals surface area contributed by atoms with Gasteiger partial charge in [0.15, 0.2) is 9.75 Å². The molecule has 2 aromatic carbocycles. The molecule has 41 heavy (non-hydrogen) atoms. The highest BCUT2D eigenvalue weighted by Gasteiger charge is 2.76. The second-order valence-corrected chi connectivity index (χ2v) is 12.5. The lowest BCUT2D eigenvalue weighted by Gasteiger charge is -2.50. The number of hydrogen-bond donors (Lipinski definition) is 1. The van der Waals surface area contributed by atoms with Crippen LogP contribution in [0.2, 0.25) is 0 Å². The van der Waals surface area contributed by atoms with Crippen molar-refractivity contribution in [1.29, 1.82) is 0 Å². The number of fused-ring (bicyclic) bond motifs is 4. The van der Waals surface area contributed by atoms with E-state index in [4.69, 9.17) is 27.9 Å². The van der Waals surface area contributed by atoms with Crippen LogP contribution in [-0.4, -0.2) is 55.9 Å². The summed E-state index contributed by atoms with van der Waals surface area (Å²) in [6.07, 6.45) is 3.57. The van der Waals surface area contributed by atoms with Crippen molar-refractivity contribution in [3.05, 3.63) is 71.8 Å². The zero-order chi connectivity index (χ0) is 29.4. The number of phenols is 1. The van der Waals surface area contributed by atoms with Crippen LogP contribution in [0, 0.1) is 17.8 Å². The predicted molar refractivity (Wildman–Crippen MR) is 157 cm³/mol. The summed E-state index contributed by atoms with van der Waals surface area (Å²) in [4.78, 5) is 53.5. The third-order valence-corrected chi connectivity index (χ3v) is 10.9. The van der Waals surface area contributed by atoms with E-state index in [1.165, 1.54) is 18.1 Å². The number of phenolic OH excluding ortho intramolecular Hbond substituents is 1. The molecule has 3 fully saturated rings. The summed E-state index contributed by atoms with van der Waals surface area (Å²) in [5.74, 6) is -5.24. The Labute approximate surface area is 254 Å². The van der Waals surface area contributed by atoms with E-state index in [0.29, 0.717) is 17.0 Å². The number of anilines is 1. The van der Waals surface area contributed by atoms with Crippen molar-refractivity contribution in [1.82, 2.24) is 4.90 Å². The lowest BCUT2D eigenvalue weighted by atomic mass is 9.56. The topological polar surface area (TPSA) is 104 Å². The van der Waals surface area contributed by atoms with Crippen LogP contribution in [0.15, 0.2) is 60.7 Å². The number of benzene rings is 2. The number of methoxy groups -OCH3 is 1. The molecule has 1 saturated carbocycles. The van der Waals surface area contributed by atoms with Gasteiger partial charge in [0.2, 0.25) is 11.8 Å². The third-order valence-electron chi connectivity index (χ3n) is 8.95. The fourth-order valence-electron chi connectivity index (χ4n) is 7.00. The molecule has 2 saturated heterocycles. The molecule has 2 aromatic rings. The van der Waals surface area contributed by atoms with E-state index in [1.807, 2.05) is 6.08 Å². The number of carbonyl (C=O) groups excluding carboxylic acids is 4. The molecule has 0 radical (unpaired) electrons. The molecule has 2 heterocycles. The van der Waals surface area contributed by atoms with Crippen molar-refractivity contribution < 1.29 is 29.0 Å². The summed E-state index contributed by atoms with van der Waals surface area (Å²) < 4.78 is 5.39. The lowest BCUT2D eigenvalue weighted by Crippen LogP contribution is -2.60. The SMILES string of the molecule is C=Cc1ccc(N2C(=O)C3CC=C4C(CC5(Cl)C(=O)N(CBr)C(=O)C5(Cl)C4c4cc(OC)ccc4O)C3C2=O)cc1. The number of halogens is 3. The molecular weight excluding hydrogens is 635 g/mol. The number of alkyl halides is 3. The van der Waals surface area contributed by atoms with Gasteiger partial charge in [0.1, 0.15) is 11.5 Å². The summed E-state index contributed by atoms with van der Waals surface area (Å²) in [7, 11) is 1.46. The smallest absolute Gasteiger partial charge is 0.254 e. The first-order chi connectivity index (χ1) is 19.5. The van der Waals surface area contributed by atoms with Crippen molar-refractivity contribution in [2.45, 2.75) is 28.5 Å². The van der Waals surface area contributed by atoms with Crippen LogP contribution in [0.3, 0.4) is 0 Å². The fourth-order valence-corrected chi connectivity index (χ4v) is 8.42. The number of amides is 4. The number of likely N-dealkylation sites (tertiary alicyclic amines) is 1. The molecule has 2 aliphatic heterocycles. The average Bonchev–Trinajstić information content (AvgIpc) is 3.31. The van der Waals surface area contributed by atoms with Crippen LogP contribution in [0.25, 0.3) is 6.08 Å². The van der Waals surface area contributed by atoms with Gasteiger partial charge in [0.25, 0.3) is 11.8 Å². The minimum absolute atomic E-state index is 0.133. The van der Waals surface area contributed by atoms with Gasteiger partial charge in [0, 0.05) is 11.5 Å². The van der Waals surface area contributed by atoms with Crippen molar-refractivity contribution in [3.63, 3.8) is 0 Å². The van der Waals surface area contributed by atoms with Gasteiger partial charge >= 0.3 is 0 Å². The zero-order valence-corrected chi connectivity index (χ0v) is 24.9. The van der Waals surface area contributed by atoms with Crippen LogP contribution in [-0.2, 0) is 19.2 Å². The largest absolute Gasteiger partial charge is 0.508 e. The van der Waals surface area contributed by atoms with E-state index in [0.717, 1.165) is 10.5 Å². The maximum absolute atomic E-state index is 14.1. The highest BCUT2D eigenvalue weighted by molar-refractivity contribution is 9.09. The number of aromatic hydroxyl groups is 1. The van der Waals surface area contributed by atoms with E-state index in [9.17, 15) is 24.3 Å². The van der Waals surface area contributed by atoms with Gasteiger partial charge in [-0.3, -0.25) is 29.0 Å². The Hall–Kier alpha value is -3.14. The lowest BCUT2D eigenvalue weighted by molar-refractivity contribution is -0.138. The molecule has 8 nitrogen and oxygen atoms in total. The van der Waals surface area contributed by atoms with Crippen LogP contribution < -0.4 is 9.64 Å². The zero-order valence-electron chi connectivity index (χ0n) is 21.9. The van der Waals surface area contributed by atoms with Crippen LogP contribution in [0.4, 0.5) is 5.69 Å². The first-order valence-electron chi connectivity index (χ1n) is 13.0. The molecule has 1 N–H and O–H groups in total. The molecule has 2 aliphatic carbocycles. The second kappa shape index (κ2) is 9.71. The molecule has 4 aliphatic rings. The highest BCUT2D eigenvalue weighted by Crippen LogP contribution is 2.66. The van der Waals surface area contributed by atoms with Gasteiger partial charge in [-0.05, 0) is 54.7 Å². The summed E-state index contributed by atoms with van der Waals surface area (Å²) in [5.41, 5.74) is 1.97. The van der Waals surface area contributed by atoms with Gasteiger partial charge in [-0.1, -0.05) is 52.4 Å². The predicted octanol–water partition coefficient (Wildman–Crippen LogP) is 4.96. The standard InChI is InChI=1S/C30H25BrCl2N2O6/c1-3-15-4-6-16(7-5-15)35-25(37)19-10-9-18-21(23(19)26(35)38)13-29(32)27(39)34(14-31)28(40)30(29,33)24(18)20-12-17(41-2)8-11-22(20)36/h3-9,11-12,19,21,23-24,36H,1,10,13-14H2,2H3. The second-order valence-electron chi connectivity index (χ2n) is 10.7. The highest BCUT2D eigenvalue weighted by atomic mass is 79.9. The summed E-state index contributed by atoms with van der Waals surface area (Å²) >= 11 is 17.6. The van der Waals surface area contributed by atoms with E-state index in [1.54, 1.807) is 42.5 Å². The van der Waals surface area contributed by atoms with Gasteiger partial charge in [-0.25, -0.2) is 0 Å². The maximum atomic E-state index is 14.1. The van der Waals surface area contributed by atoms with Gasteiger partial charge in [-0.15, -0.1) is 23.2 Å². The number of imide groups is 2. The van der Waals surface area contributed by atoms with E-state index < -0.39 is 51.1 Å². The van der Waals surface area contributed by atoms with E-state index >= 15 is 0 Å². The number of allylic oxidation sites excluding steroid dienone is 2.